The van der Waals surface area contributed by atoms with Gasteiger partial charge in [-0.25, -0.2) is 9.59 Å². The highest BCUT2D eigenvalue weighted by molar-refractivity contribution is 5.95. The van der Waals surface area contributed by atoms with E-state index in [2.05, 4.69) is 28.4 Å². The Kier molecular flexibility index (Phi) is 10.2. The molecule has 2 amide bonds. The van der Waals surface area contributed by atoms with Gasteiger partial charge < -0.3 is 24.4 Å². The maximum Gasteiger partial charge on any atom is 0.408 e. The van der Waals surface area contributed by atoms with Crippen molar-refractivity contribution in [1.29, 1.82) is 0 Å². The van der Waals surface area contributed by atoms with Crippen LogP contribution in [0.25, 0.3) is 11.1 Å². The van der Waals surface area contributed by atoms with Crippen LogP contribution in [0.15, 0.2) is 66.7 Å². The summed E-state index contributed by atoms with van der Waals surface area (Å²) in [4.78, 5) is 43.7. The Morgan fingerprint density at radius 2 is 1.65 bits per heavy atom. The van der Waals surface area contributed by atoms with Gasteiger partial charge in [-0.1, -0.05) is 54.6 Å². The minimum absolute atomic E-state index is 0.0897. The van der Waals surface area contributed by atoms with E-state index in [4.69, 9.17) is 14.2 Å². The van der Waals surface area contributed by atoms with Crippen LogP contribution in [0.1, 0.15) is 68.7 Å². The molecule has 1 aliphatic heterocycles. The Morgan fingerprint density at radius 3 is 2.35 bits per heavy atom. The lowest BCUT2D eigenvalue weighted by molar-refractivity contribution is -0.157. The topological polar surface area (TPSA) is 97.4 Å². The molecule has 48 heavy (non-hydrogen) atoms. The number of carbonyl (C=O) groups is 3. The largest absolute Gasteiger partial charge is 0.458 e. The summed E-state index contributed by atoms with van der Waals surface area (Å²) in [5.74, 6) is -0.447. The molecule has 9 heteroatoms. The molecular formula is C39H47N3O6. The second kappa shape index (κ2) is 14.5. The van der Waals surface area contributed by atoms with E-state index in [-0.39, 0.29) is 18.9 Å². The highest BCUT2D eigenvalue weighted by atomic mass is 16.6. The second-order valence-corrected chi connectivity index (χ2v) is 14.1. The van der Waals surface area contributed by atoms with Gasteiger partial charge in [0.2, 0.25) is 5.91 Å². The molecule has 254 valence electrons. The van der Waals surface area contributed by atoms with Gasteiger partial charge in [0.25, 0.3) is 0 Å². The lowest BCUT2D eigenvalue weighted by Crippen LogP contribution is -2.54. The van der Waals surface area contributed by atoms with E-state index in [0.717, 1.165) is 66.6 Å². The van der Waals surface area contributed by atoms with E-state index in [9.17, 15) is 14.4 Å². The number of amides is 2. The van der Waals surface area contributed by atoms with Gasteiger partial charge in [0, 0.05) is 38.3 Å². The van der Waals surface area contributed by atoms with Gasteiger partial charge in [0.1, 0.15) is 18.2 Å². The molecule has 2 aliphatic carbocycles. The zero-order chi connectivity index (χ0) is 33.8. The summed E-state index contributed by atoms with van der Waals surface area (Å²) >= 11 is 0. The van der Waals surface area contributed by atoms with Crippen molar-refractivity contribution in [3.05, 3.63) is 89.0 Å². The first-order valence-corrected chi connectivity index (χ1v) is 17.1. The molecule has 2 fully saturated rings. The van der Waals surface area contributed by atoms with Crippen LogP contribution in [0.5, 0.6) is 0 Å². The maximum atomic E-state index is 13.2. The first-order valence-electron chi connectivity index (χ1n) is 17.1. The summed E-state index contributed by atoms with van der Waals surface area (Å²) in [6, 6.07) is 21.4. The number of nitrogens with zero attached hydrogens (tertiary/aromatic N) is 2. The maximum absolute atomic E-state index is 13.2. The lowest BCUT2D eigenvalue weighted by Gasteiger charge is -2.41. The van der Waals surface area contributed by atoms with Crippen molar-refractivity contribution in [2.75, 3.05) is 31.6 Å². The summed E-state index contributed by atoms with van der Waals surface area (Å²) in [6.45, 7) is 7.36. The molecular weight excluding hydrogens is 606 g/mol. The van der Waals surface area contributed by atoms with Gasteiger partial charge in [-0.05, 0) is 98.4 Å². The van der Waals surface area contributed by atoms with Crippen LogP contribution < -0.4 is 10.2 Å². The molecule has 1 heterocycles. The number of piperazine rings is 1. The van der Waals surface area contributed by atoms with Crippen LogP contribution in [0.3, 0.4) is 0 Å². The molecule has 3 aliphatic rings. The SMILES string of the molecule is COC1CCC(N2CCN(c3ccc(CC(NC(=O)OCc4cccc5c4Cc4ccccc4-5)C(=O)OC(C)(C)C)cc3)C(=O)C2)CC1. The third kappa shape index (κ3) is 7.90. The number of nitrogens with one attached hydrogen (secondary N) is 1. The minimum atomic E-state index is -0.952. The van der Waals surface area contributed by atoms with Crippen LogP contribution >= 0.6 is 0 Å². The summed E-state index contributed by atoms with van der Waals surface area (Å²) in [6.07, 6.45) is 4.85. The predicted octanol–water partition coefficient (Wildman–Crippen LogP) is 6.04. The van der Waals surface area contributed by atoms with Gasteiger partial charge >= 0.3 is 12.1 Å². The van der Waals surface area contributed by atoms with Crippen molar-refractivity contribution in [2.45, 2.75) is 89.7 Å². The number of methoxy groups -OCH3 is 1. The van der Waals surface area contributed by atoms with Crippen molar-refractivity contribution in [3.8, 4) is 11.1 Å². The van der Waals surface area contributed by atoms with E-state index in [1.54, 1.807) is 27.9 Å². The lowest BCUT2D eigenvalue weighted by atomic mass is 9.91. The van der Waals surface area contributed by atoms with E-state index in [1.807, 2.05) is 53.4 Å². The molecule has 1 saturated heterocycles. The van der Waals surface area contributed by atoms with Crippen molar-refractivity contribution in [2.24, 2.45) is 0 Å². The summed E-state index contributed by atoms with van der Waals surface area (Å²) in [5, 5.41) is 2.76. The summed E-state index contributed by atoms with van der Waals surface area (Å²) in [7, 11) is 1.78. The first kappa shape index (κ1) is 33.7. The third-order valence-electron chi connectivity index (χ3n) is 9.72. The first-order chi connectivity index (χ1) is 23.1. The highest BCUT2D eigenvalue weighted by Crippen LogP contribution is 2.38. The van der Waals surface area contributed by atoms with Crippen molar-refractivity contribution in [1.82, 2.24) is 10.2 Å². The van der Waals surface area contributed by atoms with E-state index < -0.39 is 23.7 Å². The quantitative estimate of drug-likeness (QED) is 0.220. The van der Waals surface area contributed by atoms with Gasteiger partial charge in [0.15, 0.2) is 0 Å². The van der Waals surface area contributed by atoms with Crippen LogP contribution in [0.2, 0.25) is 0 Å². The van der Waals surface area contributed by atoms with Gasteiger partial charge in [0.05, 0.1) is 12.6 Å². The number of fused-ring (bicyclic) bond motifs is 3. The number of esters is 1. The summed E-state index contributed by atoms with van der Waals surface area (Å²) in [5.41, 5.74) is 6.65. The Bertz CT molecular complexity index is 1620. The van der Waals surface area contributed by atoms with Crippen molar-refractivity contribution in [3.63, 3.8) is 0 Å². The standard InChI is InChI=1S/C39H47N3O6/c1-39(2,3)48-37(44)35(40-38(45)47-25-28-9-7-11-33-32-10-6-5-8-27(32)23-34(28)33)22-26-12-14-30(15-13-26)42-21-20-41(24-36(42)43)29-16-18-31(46-4)19-17-29/h5-15,29,31,35H,16-25H2,1-4H3,(H,40,45). The van der Waals surface area contributed by atoms with Gasteiger partial charge in [-0.3, -0.25) is 9.69 Å². The Morgan fingerprint density at radius 1 is 0.917 bits per heavy atom. The molecule has 0 spiro atoms. The molecule has 9 nitrogen and oxygen atoms in total. The monoisotopic (exact) mass is 653 g/mol. The number of ether oxygens (including phenoxy) is 3. The summed E-state index contributed by atoms with van der Waals surface area (Å²) < 4.78 is 16.8. The molecule has 3 aromatic rings. The van der Waals surface area contributed by atoms with Gasteiger partial charge in [-0.15, -0.1) is 0 Å². The van der Waals surface area contributed by atoms with Crippen molar-refractivity contribution < 1.29 is 28.6 Å². The molecule has 6 rings (SSSR count). The number of benzene rings is 3. The number of anilines is 1. The number of rotatable bonds is 9. The fourth-order valence-corrected chi connectivity index (χ4v) is 7.22. The molecule has 0 radical (unpaired) electrons. The Hall–Kier alpha value is -4.21. The number of carbonyl (C=O) groups excluding carboxylic acids is 3. The second-order valence-electron chi connectivity index (χ2n) is 14.1. The Labute approximate surface area is 283 Å². The van der Waals surface area contributed by atoms with E-state index >= 15 is 0 Å². The fraction of sp³-hybridized carbons (Fsp3) is 0.462. The van der Waals surface area contributed by atoms with Crippen LogP contribution in [-0.4, -0.2) is 73.4 Å². The molecule has 1 saturated carbocycles. The molecule has 3 aromatic carbocycles. The minimum Gasteiger partial charge on any atom is -0.458 e. The number of alkyl carbamates (subject to hydrolysis) is 1. The Balaban J connectivity index is 1.07. The van der Waals surface area contributed by atoms with Crippen LogP contribution in [-0.2, 0) is 43.2 Å². The van der Waals surface area contributed by atoms with Crippen molar-refractivity contribution >= 4 is 23.7 Å². The molecule has 0 aromatic heterocycles. The van der Waals surface area contributed by atoms with Crippen LogP contribution in [0, 0.1) is 0 Å². The predicted molar refractivity (Wildman–Crippen MR) is 185 cm³/mol. The normalized spacial score (nSPS) is 20.1. The molecule has 1 N–H and O–H groups in total. The average Bonchev–Trinajstić information content (AvgIpc) is 3.46. The van der Waals surface area contributed by atoms with E-state index in [1.165, 1.54) is 11.1 Å². The third-order valence-corrected chi connectivity index (χ3v) is 9.72. The number of hydrogen-bond acceptors (Lipinski definition) is 7. The smallest absolute Gasteiger partial charge is 0.408 e. The van der Waals surface area contributed by atoms with Crippen LogP contribution in [0.4, 0.5) is 10.5 Å². The fourth-order valence-electron chi connectivity index (χ4n) is 7.22. The number of hydrogen-bond donors (Lipinski definition) is 1. The average molecular weight is 654 g/mol. The molecule has 1 atom stereocenters. The zero-order valence-electron chi connectivity index (χ0n) is 28.5. The van der Waals surface area contributed by atoms with Gasteiger partial charge in [-0.2, -0.15) is 0 Å². The zero-order valence-corrected chi connectivity index (χ0v) is 28.5. The highest BCUT2D eigenvalue weighted by Gasteiger charge is 2.33. The molecule has 1 unspecified atom stereocenters. The molecule has 0 bridgehead atoms. The van der Waals surface area contributed by atoms with E-state index in [0.29, 0.717) is 25.2 Å².